The van der Waals surface area contributed by atoms with E-state index in [0.717, 1.165) is 0 Å². The molecule has 0 aliphatic rings. The summed E-state index contributed by atoms with van der Waals surface area (Å²) in [7, 11) is 0. The summed E-state index contributed by atoms with van der Waals surface area (Å²) in [6.45, 7) is 1.69. The van der Waals surface area contributed by atoms with Crippen molar-refractivity contribution in [2.45, 2.75) is 18.7 Å². The van der Waals surface area contributed by atoms with Gasteiger partial charge in [0.1, 0.15) is 0 Å². The molecule has 8 heavy (non-hydrogen) atoms. The smallest absolute Gasteiger partial charge is 0.549 e. The second-order valence-corrected chi connectivity index (χ2v) is 1.72. The Kier molecular flexibility index (Phi) is 9.86. The van der Waals surface area contributed by atoms with Crippen LogP contribution in [0, 0.1) is 0 Å². The third-order valence-electron chi connectivity index (χ3n) is 0.614. The maximum Gasteiger partial charge on any atom is 1.00 e. The van der Waals surface area contributed by atoms with Gasteiger partial charge < -0.3 is 9.90 Å². The predicted octanol–water partition coefficient (Wildman–Crippen LogP) is -3.24. The molecule has 0 aromatic rings. The van der Waals surface area contributed by atoms with Gasteiger partial charge in [0.15, 0.2) is 0 Å². The van der Waals surface area contributed by atoms with Gasteiger partial charge in [-0.2, -0.15) is 0 Å². The van der Waals surface area contributed by atoms with Crippen LogP contribution in [0.5, 0.6) is 0 Å². The summed E-state index contributed by atoms with van der Waals surface area (Å²) >= 11 is 5.14. The summed E-state index contributed by atoms with van der Waals surface area (Å²) < 4.78 is 0. The van der Waals surface area contributed by atoms with E-state index in [0.29, 0.717) is 6.42 Å². The van der Waals surface area contributed by atoms with Crippen molar-refractivity contribution in [3.05, 3.63) is 0 Å². The number of halogens is 1. The van der Waals surface area contributed by atoms with E-state index in [-0.39, 0.29) is 51.4 Å². The van der Waals surface area contributed by atoms with Crippen LogP contribution in [0.4, 0.5) is 0 Å². The van der Waals surface area contributed by atoms with Crippen LogP contribution < -0.4 is 56.5 Å². The van der Waals surface area contributed by atoms with Gasteiger partial charge >= 0.3 is 51.4 Å². The molecular weight excluding hydrogens is 155 g/mol. The van der Waals surface area contributed by atoms with Crippen LogP contribution in [0.2, 0.25) is 0 Å². The van der Waals surface area contributed by atoms with Crippen molar-refractivity contribution in [2.24, 2.45) is 0 Å². The third kappa shape index (κ3) is 5.53. The molecule has 0 heterocycles. The summed E-state index contributed by atoms with van der Waals surface area (Å²) in [5, 5.41) is 8.87. The molecule has 0 aliphatic heterocycles. The second kappa shape index (κ2) is 6.52. The van der Waals surface area contributed by atoms with Crippen LogP contribution in [0.1, 0.15) is 13.3 Å². The van der Waals surface area contributed by atoms with Crippen molar-refractivity contribution in [1.29, 1.82) is 0 Å². The second-order valence-electron chi connectivity index (χ2n) is 1.19. The van der Waals surface area contributed by atoms with Crippen molar-refractivity contribution < 1.29 is 61.3 Å². The average Bonchev–Trinajstić information content (AvgIpc) is 1.65. The maximum absolute atomic E-state index is 9.69. The van der Waals surface area contributed by atoms with E-state index in [1.807, 2.05) is 0 Å². The Morgan fingerprint density at radius 3 is 2.25 bits per heavy atom. The molecule has 0 bridgehead atoms. The minimum Gasteiger partial charge on any atom is -0.549 e. The van der Waals surface area contributed by atoms with Gasteiger partial charge in [-0.3, -0.25) is 0 Å². The van der Waals surface area contributed by atoms with Crippen LogP contribution in [-0.4, -0.2) is 11.3 Å². The first kappa shape index (κ1) is 12.1. The zero-order valence-electron chi connectivity index (χ0n) is 4.98. The van der Waals surface area contributed by atoms with E-state index in [4.69, 9.17) is 11.6 Å². The van der Waals surface area contributed by atoms with E-state index in [2.05, 4.69) is 0 Å². The normalized spacial score (nSPS) is 11.8. The summed E-state index contributed by atoms with van der Waals surface area (Å²) in [5.74, 6) is -1.19. The summed E-state index contributed by atoms with van der Waals surface area (Å²) in [6, 6.07) is 0. The molecule has 1 unspecified atom stereocenters. The molecule has 0 saturated carbocycles. The number of carboxylic acid groups (broad SMARTS) is 1. The molecule has 0 saturated heterocycles. The van der Waals surface area contributed by atoms with E-state index in [1.54, 1.807) is 6.92 Å². The van der Waals surface area contributed by atoms with Gasteiger partial charge in [0.2, 0.25) is 0 Å². The average molecular weight is 161 g/mol. The maximum atomic E-state index is 9.69. The van der Waals surface area contributed by atoms with E-state index < -0.39 is 11.3 Å². The first-order chi connectivity index (χ1) is 3.18. The molecule has 42 valence electrons. The van der Waals surface area contributed by atoms with Crippen LogP contribution in [-0.2, 0) is 4.79 Å². The minimum atomic E-state index is -1.19. The monoisotopic (exact) mass is 160 g/mol. The number of carboxylic acids is 1. The zero-order chi connectivity index (χ0) is 5.86. The van der Waals surface area contributed by atoms with Gasteiger partial charge in [-0.05, 0) is 6.42 Å². The molecular formula is C4H6ClKO2. The van der Waals surface area contributed by atoms with Crippen molar-refractivity contribution in [1.82, 2.24) is 0 Å². The van der Waals surface area contributed by atoms with Gasteiger partial charge in [0.25, 0.3) is 0 Å². The number of rotatable bonds is 2. The number of alkyl halides is 1. The summed E-state index contributed by atoms with van der Waals surface area (Å²) in [4.78, 5) is 9.69. The summed E-state index contributed by atoms with van der Waals surface area (Å²) in [5.41, 5.74) is 0. The van der Waals surface area contributed by atoms with Gasteiger partial charge in [-0.1, -0.05) is 6.92 Å². The summed E-state index contributed by atoms with van der Waals surface area (Å²) in [6.07, 6.45) is 0.421. The topological polar surface area (TPSA) is 40.1 Å². The largest absolute Gasteiger partial charge is 1.00 e. The first-order valence-corrected chi connectivity index (χ1v) is 2.47. The van der Waals surface area contributed by atoms with Crippen molar-refractivity contribution in [3.63, 3.8) is 0 Å². The van der Waals surface area contributed by atoms with Crippen molar-refractivity contribution in [3.8, 4) is 0 Å². The number of hydrogen-bond acceptors (Lipinski definition) is 2. The fraction of sp³-hybridized carbons (Fsp3) is 0.750. The molecule has 1 atom stereocenters. The molecule has 4 heteroatoms. The van der Waals surface area contributed by atoms with Crippen LogP contribution in [0.15, 0.2) is 0 Å². The van der Waals surface area contributed by atoms with Gasteiger partial charge in [0.05, 0.1) is 11.3 Å². The molecule has 0 fully saturated rings. The predicted molar refractivity (Wildman–Crippen MR) is 24.9 cm³/mol. The van der Waals surface area contributed by atoms with Gasteiger partial charge in [0, 0.05) is 0 Å². The standard InChI is InChI=1S/C4H7ClO2.K/c1-2-3(5)4(6)7;/h3H,2H2,1H3,(H,6,7);/q;+1/p-1. The molecule has 0 aromatic heterocycles. The Morgan fingerprint density at radius 2 is 2.25 bits per heavy atom. The minimum absolute atomic E-state index is 0. The molecule has 0 rings (SSSR count). The van der Waals surface area contributed by atoms with Crippen LogP contribution in [0.3, 0.4) is 0 Å². The Labute approximate surface area is 96.0 Å². The number of carbonyl (C=O) groups excluding carboxylic acids is 1. The fourth-order valence-electron chi connectivity index (χ4n) is 0.167. The third-order valence-corrected chi connectivity index (χ3v) is 1.10. The molecule has 0 aromatic carbocycles. The Morgan fingerprint density at radius 1 is 1.88 bits per heavy atom. The van der Waals surface area contributed by atoms with Crippen molar-refractivity contribution in [2.75, 3.05) is 0 Å². The SMILES string of the molecule is CCC(Cl)C(=O)[O-].[K+]. The molecule has 0 aliphatic carbocycles. The molecule has 0 N–H and O–H groups in total. The molecule has 0 radical (unpaired) electrons. The fourth-order valence-corrected chi connectivity index (χ4v) is 0.167. The molecule has 2 nitrogen and oxygen atoms in total. The number of carbonyl (C=O) groups is 1. The Balaban J connectivity index is 0. The van der Waals surface area contributed by atoms with E-state index >= 15 is 0 Å². The quantitative estimate of drug-likeness (QED) is 0.315. The van der Waals surface area contributed by atoms with E-state index in [1.165, 1.54) is 0 Å². The molecule has 0 spiro atoms. The molecule has 0 amide bonds. The van der Waals surface area contributed by atoms with Gasteiger partial charge in [-0.15, -0.1) is 11.6 Å². The zero-order valence-corrected chi connectivity index (χ0v) is 8.86. The van der Waals surface area contributed by atoms with Crippen LogP contribution in [0.25, 0.3) is 0 Å². The Hall–Kier alpha value is 1.40. The number of hydrogen-bond donors (Lipinski definition) is 0. The van der Waals surface area contributed by atoms with E-state index in [9.17, 15) is 9.90 Å². The Bertz CT molecular complexity index is 76.4. The first-order valence-electron chi connectivity index (χ1n) is 2.03. The number of aliphatic carboxylic acids is 1. The van der Waals surface area contributed by atoms with Crippen molar-refractivity contribution >= 4 is 17.6 Å². The van der Waals surface area contributed by atoms with Crippen LogP contribution >= 0.6 is 11.6 Å². The van der Waals surface area contributed by atoms with Gasteiger partial charge in [-0.25, -0.2) is 0 Å².